The summed E-state index contributed by atoms with van der Waals surface area (Å²) in [6.07, 6.45) is 1.26. The van der Waals surface area contributed by atoms with Gasteiger partial charge in [0.1, 0.15) is 0 Å². The van der Waals surface area contributed by atoms with E-state index in [0.717, 1.165) is 19.5 Å². The summed E-state index contributed by atoms with van der Waals surface area (Å²) >= 11 is 0. The van der Waals surface area contributed by atoms with Crippen molar-refractivity contribution >= 4 is 5.97 Å². The zero-order valence-electron chi connectivity index (χ0n) is 9.72. The van der Waals surface area contributed by atoms with Crippen LogP contribution in [0.5, 0.6) is 0 Å². The van der Waals surface area contributed by atoms with Gasteiger partial charge < -0.3 is 5.11 Å². The van der Waals surface area contributed by atoms with Gasteiger partial charge in [0.05, 0.1) is 6.42 Å². The molecule has 0 aliphatic heterocycles. The first-order valence-corrected chi connectivity index (χ1v) is 5.70. The van der Waals surface area contributed by atoms with Crippen LogP contribution in [0.2, 0.25) is 0 Å². The molecule has 0 bridgehead atoms. The SMILES string of the molecule is CCCN(CCC(=O)O)Cc1ccccc1. The molecule has 3 nitrogen and oxygen atoms in total. The number of nitrogens with zero attached hydrogens (tertiary/aromatic N) is 1. The van der Waals surface area contributed by atoms with Gasteiger partial charge in [0.2, 0.25) is 0 Å². The van der Waals surface area contributed by atoms with Crippen LogP contribution in [0.3, 0.4) is 0 Å². The first-order valence-electron chi connectivity index (χ1n) is 5.70. The minimum Gasteiger partial charge on any atom is -0.481 e. The third-order valence-corrected chi connectivity index (χ3v) is 2.43. The van der Waals surface area contributed by atoms with E-state index < -0.39 is 5.97 Å². The number of rotatable bonds is 7. The summed E-state index contributed by atoms with van der Waals surface area (Å²) in [7, 11) is 0. The van der Waals surface area contributed by atoms with E-state index in [1.54, 1.807) is 0 Å². The predicted molar refractivity (Wildman–Crippen MR) is 64.3 cm³/mol. The minimum absolute atomic E-state index is 0.215. The Labute approximate surface area is 96.7 Å². The molecule has 1 N–H and O–H groups in total. The van der Waals surface area contributed by atoms with E-state index in [1.165, 1.54) is 5.56 Å². The molecule has 0 radical (unpaired) electrons. The van der Waals surface area contributed by atoms with E-state index in [4.69, 9.17) is 5.11 Å². The highest BCUT2D eigenvalue weighted by atomic mass is 16.4. The number of carboxylic acids is 1. The van der Waals surface area contributed by atoms with Crippen molar-refractivity contribution in [3.8, 4) is 0 Å². The molecule has 88 valence electrons. The fraction of sp³-hybridized carbons (Fsp3) is 0.462. The summed E-state index contributed by atoms with van der Waals surface area (Å²) in [5.74, 6) is -0.728. The Bertz CT molecular complexity index is 311. The Kier molecular flexibility index (Phi) is 5.57. The summed E-state index contributed by atoms with van der Waals surface area (Å²) < 4.78 is 0. The van der Waals surface area contributed by atoms with Gasteiger partial charge in [-0.3, -0.25) is 9.69 Å². The van der Waals surface area contributed by atoms with E-state index in [1.807, 2.05) is 18.2 Å². The summed E-state index contributed by atoms with van der Waals surface area (Å²) in [5, 5.41) is 8.67. The van der Waals surface area contributed by atoms with Crippen molar-refractivity contribution in [3.63, 3.8) is 0 Å². The lowest BCUT2D eigenvalue weighted by molar-refractivity contribution is -0.137. The number of hydrogen-bond donors (Lipinski definition) is 1. The first kappa shape index (κ1) is 12.7. The molecule has 1 rings (SSSR count). The van der Waals surface area contributed by atoms with E-state index in [-0.39, 0.29) is 6.42 Å². The van der Waals surface area contributed by atoms with Crippen LogP contribution in [-0.4, -0.2) is 29.1 Å². The molecule has 0 spiro atoms. The molecule has 0 fully saturated rings. The van der Waals surface area contributed by atoms with Crippen molar-refractivity contribution < 1.29 is 9.90 Å². The van der Waals surface area contributed by atoms with Crippen molar-refractivity contribution in [2.75, 3.05) is 13.1 Å². The largest absolute Gasteiger partial charge is 0.481 e. The Morgan fingerprint density at radius 1 is 1.25 bits per heavy atom. The van der Waals surface area contributed by atoms with E-state index in [0.29, 0.717) is 6.54 Å². The molecule has 16 heavy (non-hydrogen) atoms. The van der Waals surface area contributed by atoms with Crippen molar-refractivity contribution in [3.05, 3.63) is 35.9 Å². The molecule has 0 amide bonds. The zero-order valence-corrected chi connectivity index (χ0v) is 9.72. The lowest BCUT2D eigenvalue weighted by Gasteiger charge is -2.20. The van der Waals surface area contributed by atoms with Crippen molar-refractivity contribution in [2.24, 2.45) is 0 Å². The lowest BCUT2D eigenvalue weighted by Crippen LogP contribution is -2.26. The quantitative estimate of drug-likeness (QED) is 0.768. The second kappa shape index (κ2) is 7.01. The minimum atomic E-state index is -0.728. The fourth-order valence-corrected chi connectivity index (χ4v) is 1.68. The predicted octanol–water partition coefficient (Wildman–Crippen LogP) is 2.37. The van der Waals surface area contributed by atoms with Crippen LogP contribution in [0.4, 0.5) is 0 Å². The van der Waals surface area contributed by atoms with Gasteiger partial charge in [0, 0.05) is 13.1 Å². The second-order valence-electron chi connectivity index (χ2n) is 3.91. The van der Waals surface area contributed by atoms with Gasteiger partial charge in [-0.2, -0.15) is 0 Å². The van der Waals surface area contributed by atoms with E-state index >= 15 is 0 Å². The van der Waals surface area contributed by atoms with Gasteiger partial charge in [-0.1, -0.05) is 37.3 Å². The molecule has 0 atom stereocenters. The Morgan fingerprint density at radius 3 is 2.50 bits per heavy atom. The monoisotopic (exact) mass is 221 g/mol. The average molecular weight is 221 g/mol. The van der Waals surface area contributed by atoms with Gasteiger partial charge in [0.15, 0.2) is 0 Å². The van der Waals surface area contributed by atoms with Gasteiger partial charge in [0.25, 0.3) is 0 Å². The molecular formula is C13H19NO2. The topological polar surface area (TPSA) is 40.5 Å². The molecule has 0 saturated carbocycles. The smallest absolute Gasteiger partial charge is 0.304 e. The second-order valence-corrected chi connectivity index (χ2v) is 3.91. The van der Waals surface area contributed by atoms with Crippen molar-refractivity contribution in [1.29, 1.82) is 0 Å². The summed E-state index contributed by atoms with van der Waals surface area (Å²) in [6.45, 7) is 4.51. The van der Waals surface area contributed by atoms with E-state index in [9.17, 15) is 4.79 Å². The van der Waals surface area contributed by atoms with Crippen molar-refractivity contribution in [1.82, 2.24) is 4.90 Å². The Hall–Kier alpha value is -1.35. The standard InChI is InChI=1S/C13H19NO2/c1-2-9-14(10-8-13(15)16)11-12-6-4-3-5-7-12/h3-7H,2,8-11H2,1H3,(H,15,16). The van der Waals surface area contributed by atoms with Crippen LogP contribution in [0.15, 0.2) is 30.3 Å². The molecule has 3 heteroatoms. The number of hydrogen-bond acceptors (Lipinski definition) is 2. The molecule has 1 aromatic carbocycles. The maximum atomic E-state index is 10.5. The first-order chi connectivity index (χ1) is 7.72. The third kappa shape index (κ3) is 4.94. The van der Waals surface area contributed by atoms with Gasteiger partial charge >= 0.3 is 5.97 Å². The van der Waals surface area contributed by atoms with Gasteiger partial charge in [-0.15, -0.1) is 0 Å². The Balaban J connectivity index is 2.47. The number of carboxylic acid groups (broad SMARTS) is 1. The molecule has 0 unspecified atom stereocenters. The molecule has 0 aromatic heterocycles. The summed E-state index contributed by atoms with van der Waals surface area (Å²) in [5.41, 5.74) is 1.24. The van der Waals surface area contributed by atoms with Crippen LogP contribution in [0, 0.1) is 0 Å². The maximum absolute atomic E-state index is 10.5. The van der Waals surface area contributed by atoms with Crippen LogP contribution >= 0.6 is 0 Å². The van der Waals surface area contributed by atoms with Crippen LogP contribution < -0.4 is 0 Å². The van der Waals surface area contributed by atoms with Gasteiger partial charge in [-0.05, 0) is 18.5 Å². The number of aliphatic carboxylic acids is 1. The highest BCUT2D eigenvalue weighted by Crippen LogP contribution is 2.05. The highest BCUT2D eigenvalue weighted by Gasteiger charge is 2.06. The molecule has 0 aliphatic rings. The Morgan fingerprint density at radius 2 is 1.94 bits per heavy atom. The summed E-state index contributed by atoms with van der Waals surface area (Å²) in [4.78, 5) is 12.7. The molecule has 0 saturated heterocycles. The van der Waals surface area contributed by atoms with Crippen molar-refractivity contribution in [2.45, 2.75) is 26.3 Å². The van der Waals surface area contributed by atoms with Gasteiger partial charge in [-0.25, -0.2) is 0 Å². The molecular weight excluding hydrogens is 202 g/mol. The highest BCUT2D eigenvalue weighted by molar-refractivity contribution is 5.66. The summed E-state index contributed by atoms with van der Waals surface area (Å²) in [6, 6.07) is 10.2. The molecule has 0 aliphatic carbocycles. The molecule has 1 aromatic rings. The zero-order chi connectivity index (χ0) is 11.8. The molecule has 0 heterocycles. The van der Waals surface area contributed by atoms with Crippen LogP contribution in [0.25, 0.3) is 0 Å². The maximum Gasteiger partial charge on any atom is 0.304 e. The average Bonchev–Trinajstić information content (AvgIpc) is 2.27. The normalized spacial score (nSPS) is 10.6. The number of benzene rings is 1. The fourth-order valence-electron chi connectivity index (χ4n) is 1.68. The third-order valence-electron chi connectivity index (χ3n) is 2.43. The lowest BCUT2D eigenvalue weighted by atomic mass is 10.2. The van der Waals surface area contributed by atoms with Crippen LogP contribution in [-0.2, 0) is 11.3 Å². The van der Waals surface area contributed by atoms with Crippen LogP contribution in [0.1, 0.15) is 25.3 Å². The van der Waals surface area contributed by atoms with E-state index in [2.05, 4.69) is 24.0 Å². The number of carbonyl (C=O) groups is 1.